The van der Waals surface area contributed by atoms with E-state index >= 15 is 0 Å². The summed E-state index contributed by atoms with van der Waals surface area (Å²) in [5, 5.41) is 6.15. The van der Waals surface area contributed by atoms with Crippen LogP contribution in [0.25, 0.3) is 10.8 Å². The number of ether oxygens (including phenoxy) is 1. The number of aromatic nitrogens is 1. The van der Waals surface area contributed by atoms with E-state index in [1.54, 1.807) is 23.9 Å². The van der Waals surface area contributed by atoms with Gasteiger partial charge in [0, 0.05) is 32.3 Å². The zero-order valence-corrected chi connectivity index (χ0v) is 28.0. The number of rotatable bonds is 6. The number of imide groups is 1. The van der Waals surface area contributed by atoms with Crippen LogP contribution in [0.4, 0.5) is 15.8 Å². The predicted octanol–water partition coefficient (Wildman–Crippen LogP) is 7.08. The first-order chi connectivity index (χ1) is 23.7. The van der Waals surface area contributed by atoms with Crippen LogP contribution in [0.15, 0.2) is 94.7 Å². The van der Waals surface area contributed by atoms with Gasteiger partial charge < -0.3 is 15.0 Å². The van der Waals surface area contributed by atoms with Crippen molar-refractivity contribution in [3.8, 4) is 5.75 Å². The number of benzene rings is 4. The van der Waals surface area contributed by atoms with Crippen LogP contribution in [0.2, 0.25) is 5.02 Å². The first-order valence-electron chi connectivity index (χ1n) is 16.0. The van der Waals surface area contributed by atoms with Gasteiger partial charge in [0.2, 0.25) is 11.8 Å². The molecule has 1 saturated heterocycles. The number of thioether (sulfide) groups is 1. The Bertz CT molecular complexity index is 2260. The van der Waals surface area contributed by atoms with E-state index in [9.17, 15) is 23.6 Å². The Morgan fingerprint density at radius 1 is 0.939 bits per heavy atom. The molecule has 12 heteroatoms. The maximum Gasteiger partial charge on any atom is 0.305 e. The van der Waals surface area contributed by atoms with Gasteiger partial charge in [0.15, 0.2) is 6.61 Å². The van der Waals surface area contributed by atoms with Gasteiger partial charge in [0.25, 0.3) is 5.91 Å². The van der Waals surface area contributed by atoms with Gasteiger partial charge in [0.1, 0.15) is 11.6 Å². The molecule has 1 aromatic heterocycles. The minimum Gasteiger partial charge on any atom is -0.483 e. The summed E-state index contributed by atoms with van der Waals surface area (Å²) >= 11 is 9.30. The van der Waals surface area contributed by atoms with Crippen LogP contribution in [0, 0.1) is 35.4 Å². The molecule has 2 saturated carbocycles. The van der Waals surface area contributed by atoms with E-state index < -0.39 is 17.7 Å². The number of carbonyl (C=O) groups excluding carboxylic acids is 3. The summed E-state index contributed by atoms with van der Waals surface area (Å²) in [4.78, 5) is 58.7. The standard InChI is InChI=1S/C37H27ClFN3O5S2/c38-19-6-12-26(47-16-27(43)40-21-9-5-17-3-1-2-4-18(17)13-21)23(14-19)28-29-24-15-25(32(29)48-34-33(28)49-37(46)41-34)31-30(24)35(44)42(36(31)45)22-10-7-20(39)8-11-22/h1-14,24-25,28-32H,15-16H2,(H,40,43)(H,41,46)/t24-,25-,28+,29-,30+,31+,32-/m1/s1. The number of aromatic amines is 1. The molecule has 4 aromatic carbocycles. The maximum atomic E-state index is 14.0. The van der Waals surface area contributed by atoms with Crippen LogP contribution in [-0.4, -0.2) is 34.6 Å². The smallest absolute Gasteiger partial charge is 0.305 e. The highest BCUT2D eigenvalue weighted by molar-refractivity contribution is 8.00. The molecule has 2 aliphatic heterocycles. The van der Waals surface area contributed by atoms with Gasteiger partial charge in [-0.25, -0.2) is 4.39 Å². The van der Waals surface area contributed by atoms with Gasteiger partial charge >= 0.3 is 4.87 Å². The number of halogens is 2. The van der Waals surface area contributed by atoms with E-state index in [0.29, 0.717) is 28.6 Å². The zero-order valence-electron chi connectivity index (χ0n) is 25.6. The molecule has 8 nitrogen and oxygen atoms in total. The summed E-state index contributed by atoms with van der Waals surface area (Å²) in [5.41, 5.74) is 1.75. The number of carbonyl (C=O) groups is 3. The lowest BCUT2D eigenvalue weighted by atomic mass is 9.68. The Balaban J connectivity index is 1.04. The predicted molar refractivity (Wildman–Crippen MR) is 187 cm³/mol. The normalized spacial score (nSPS) is 26.5. The molecule has 3 heterocycles. The highest BCUT2D eigenvalue weighted by atomic mass is 35.5. The second kappa shape index (κ2) is 11.6. The number of anilines is 2. The summed E-state index contributed by atoms with van der Waals surface area (Å²) < 4.78 is 19.9. The van der Waals surface area contributed by atoms with Gasteiger partial charge in [-0.3, -0.25) is 24.1 Å². The molecular formula is C37H27ClFN3O5S2. The first kappa shape index (κ1) is 30.6. The molecule has 2 bridgehead atoms. The highest BCUT2D eigenvalue weighted by Crippen LogP contribution is 2.69. The molecular weight excluding hydrogens is 685 g/mol. The number of amides is 3. The number of nitrogens with zero attached hydrogens (tertiary/aromatic N) is 1. The summed E-state index contributed by atoms with van der Waals surface area (Å²) in [6.07, 6.45) is 0.701. The number of thiazole rings is 1. The number of hydrogen-bond acceptors (Lipinski definition) is 7. The van der Waals surface area contributed by atoms with Gasteiger partial charge in [-0.2, -0.15) is 0 Å². The van der Waals surface area contributed by atoms with Crippen molar-refractivity contribution < 1.29 is 23.5 Å². The largest absolute Gasteiger partial charge is 0.483 e. The minimum atomic E-state index is -0.527. The van der Waals surface area contributed by atoms with Crippen molar-refractivity contribution in [1.82, 2.24) is 4.98 Å². The monoisotopic (exact) mass is 711 g/mol. The Hall–Kier alpha value is -4.45. The maximum absolute atomic E-state index is 14.0. The Morgan fingerprint density at radius 2 is 1.69 bits per heavy atom. The topological polar surface area (TPSA) is 109 Å². The van der Waals surface area contributed by atoms with Gasteiger partial charge in [-0.1, -0.05) is 53.3 Å². The molecule has 0 spiro atoms. The minimum absolute atomic E-state index is 0.0537. The highest BCUT2D eigenvalue weighted by Gasteiger charge is 2.69. The summed E-state index contributed by atoms with van der Waals surface area (Å²) in [5.74, 6) is -2.56. The summed E-state index contributed by atoms with van der Waals surface area (Å²) in [6.45, 7) is -0.260. The van der Waals surface area contributed by atoms with Gasteiger partial charge in [0.05, 0.1) is 22.5 Å². The average Bonchev–Trinajstić information content (AvgIpc) is 3.83. The number of hydrogen-bond donors (Lipinski definition) is 2. The molecule has 2 aliphatic carbocycles. The number of fused-ring (bicyclic) bond motifs is 10. The van der Waals surface area contributed by atoms with Crippen molar-refractivity contribution in [3.05, 3.63) is 116 Å². The fourth-order valence-corrected chi connectivity index (χ4v) is 11.8. The molecule has 49 heavy (non-hydrogen) atoms. The second-order valence-corrected chi connectivity index (χ2v) is 15.7. The first-order valence-corrected chi connectivity index (χ1v) is 18.1. The van der Waals surface area contributed by atoms with Crippen LogP contribution in [0.5, 0.6) is 5.75 Å². The SMILES string of the molecule is O=C(COc1ccc(Cl)cc1[C@@H]1c2sc(=O)[nH]c2S[C@@H]2[C@@H]3C[C@@H]([C@@H]4C(=O)N(c5ccc(F)cc5)C(=O)[C@@H]34)[C@H]12)Nc1ccc2ccccc2c1. The van der Waals surface area contributed by atoms with Crippen molar-refractivity contribution in [1.29, 1.82) is 0 Å². The van der Waals surface area contributed by atoms with Crippen molar-refractivity contribution in [2.24, 2.45) is 29.6 Å². The molecule has 246 valence electrons. The molecule has 5 aromatic rings. The van der Waals surface area contributed by atoms with Crippen LogP contribution >= 0.6 is 34.7 Å². The van der Waals surface area contributed by atoms with E-state index in [-0.39, 0.29) is 58.1 Å². The third-order valence-corrected chi connectivity index (χ3v) is 13.3. The van der Waals surface area contributed by atoms with Crippen LogP contribution in [0.1, 0.15) is 22.8 Å². The van der Waals surface area contributed by atoms with Crippen molar-refractivity contribution in [2.45, 2.75) is 22.6 Å². The lowest BCUT2D eigenvalue weighted by Crippen LogP contribution is -2.42. The van der Waals surface area contributed by atoms with E-state index in [1.165, 1.54) is 29.2 Å². The third-order valence-electron chi connectivity index (χ3n) is 10.5. The van der Waals surface area contributed by atoms with Gasteiger partial charge in [-0.15, -0.1) is 11.8 Å². The quantitative estimate of drug-likeness (QED) is 0.182. The van der Waals surface area contributed by atoms with Crippen LogP contribution in [-0.2, 0) is 14.4 Å². The van der Waals surface area contributed by atoms with E-state index in [2.05, 4.69) is 10.3 Å². The van der Waals surface area contributed by atoms with Crippen molar-refractivity contribution in [2.75, 3.05) is 16.8 Å². The fraction of sp³-hybridized carbons (Fsp3) is 0.243. The van der Waals surface area contributed by atoms with E-state index in [0.717, 1.165) is 37.6 Å². The van der Waals surface area contributed by atoms with E-state index in [1.807, 2.05) is 48.5 Å². The molecule has 3 amide bonds. The number of H-pyrrole nitrogens is 1. The lowest BCUT2D eigenvalue weighted by Gasteiger charge is -2.43. The molecule has 0 unspecified atom stereocenters. The molecule has 2 N–H and O–H groups in total. The zero-order chi connectivity index (χ0) is 33.6. The molecule has 4 aliphatic rings. The van der Waals surface area contributed by atoms with E-state index in [4.69, 9.17) is 16.3 Å². The number of nitrogens with one attached hydrogen (secondary N) is 2. The lowest BCUT2D eigenvalue weighted by molar-refractivity contribution is -0.123. The Labute approximate surface area is 292 Å². The molecule has 0 radical (unpaired) electrons. The second-order valence-electron chi connectivity index (χ2n) is 13.0. The Morgan fingerprint density at radius 3 is 2.49 bits per heavy atom. The van der Waals surface area contributed by atoms with Crippen LogP contribution in [0.3, 0.4) is 0 Å². The van der Waals surface area contributed by atoms with Crippen LogP contribution < -0.4 is 19.8 Å². The fourth-order valence-electron chi connectivity index (χ4n) is 8.71. The average molecular weight is 712 g/mol. The Kier molecular flexibility index (Phi) is 7.22. The molecule has 9 rings (SSSR count). The summed E-state index contributed by atoms with van der Waals surface area (Å²) in [6, 6.07) is 24.3. The van der Waals surface area contributed by atoms with Crippen molar-refractivity contribution in [3.63, 3.8) is 0 Å². The summed E-state index contributed by atoms with van der Waals surface area (Å²) in [7, 11) is 0. The third kappa shape index (κ3) is 4.93. The molecule has 3 fully saturated rings. The van der Waals surface area contributed by atoms with Crippen molar-refractivity contribution >= 4 is 74.6 Å². The molecule has 7 atom stereocenters. The van der Waals surface area contributed by atoms with Gasteiger partial charge in [-0.05, 0) is 89.5 Å².